The predicted octanol–water partition coefficient (Wildman–Crippen LogP) is 7.44. The third-order valence-electron chi connectivity index (χ3n) is 6.53. The van der Waals surface area contributed by atoms with Crippen LogP contribution in [0.3, 0.4) is 0 Å². The maximum atomic E-state index is 13.7. The molecule has 1 unspecified atom stereocenters. The monoisotopic (exact) mass is 604 g/mol. The number of fused-ring (bicyclic) bond motifs is 1. The maximum absolute atomic E-state index is 13.7. The summed E-state index contributed by atoms with van der Waals surface area (Å²) in [6.07, 6.45) is -0.0285. The zero-order chi connectivity index (χ0) is 29.6. The quantitative estimate of drug-likeness (QED) is 0.140. The Morgan fingerprint density at radius 1 is 1.07 bits per heavy atom. The first-order valence-corrected chi connectivity index (χ1v) is 15.1. The highest BCUT2D eigenvalue weighted by Gasteiger charge is 2.36. The van der Waals surface area contributed by atoms with Crippen LogP contribution in [-0.2, 0) is 21.9 Å². The average molecular weight is 605 g/mol. The fraction of sp³-hybridized carbons (Fsp3) is 0.281. The van der Waals surface area contributed by atoms with Crippen molar-refractivity contribution in [3.05, 3.63) is 106 Å². The van der Waals surface area contributed by atoms with Gasteiger partial charge in [0.05, 0.1) is 18.3 Å². The number of rotatable bonds is 11. The first kappa shape index (κ1) is 29.5. The Bertz CT molecular complexity index is 1590. The second-order valence-corrected chi connectivity index (χ2v) is 11.3. The van der Waals surface area contributed by atoms with Crippen LogP contribution in [-0.4, -0.2) is 33.4 Å². The van der Waals surface area contributed by atoms with Gasteiger partial charge in [-0.25, -0.2) is 9.48 Å². The zero-order valence-electron chi connectivity index (χ0n) is 24.0. The topological polar surface area (TPSA) is 87.5 Å². The molecule has 0 saturated carbocycles. The second kappa shape index (κ2) is 13.4. The number of carbonyl (C=O) groups excluding carboxylic acids is 1. The Morgan fingerprint density at radius 3 is 2.57 bits per heavy atom. The van der Waals surface area contributed by atoms with Gasteiger partial charge in [-0.05, 0) is 62.6 Å². The number of nitrogens with one attached hydrogen (secondary N) is 1. The molecule has 3 aromatic carbocycles. The Morgan fingerprint density at radius 2 is 1.83 bits per heavy atom. The smallest absolute Gasteiger partial charge is 0.338 e. The van der Waals surface area contributed by atoms with Crippen molar-refractivity contribution < 1.29 is 19.0 Å². The number of benzene rings is 3. The summed E-state index contributed by atoms with van der Waals surface area (Å²) in [5.41, 5.74) is 3.75. The standard InChI is InChI=1S/C32H33ClN4O4S/c1-5-39-27-17-23(15-16-26(27)41-20(2)3)29-28(30(38)40-18-22-11-7-6-8-12-22)21(4)34-31-35-32(36-37(29)31)42-19-24-13-9-10-14-25(24)33/h6-17,20,29H,5,18-19H2,1-4H3,(H,34,35,36). The van der Waals surface area contributed by atoms with Gasteiger partial charge >= 0.3 is 5.97 Å². The van der Waals surface area contributed by atoms with E-state index in [2.05, 4.69) is 5.32 Å². The van der Waals surface area contributed by atoms with E-state index in [0.29, 0.717) is 51.3 Å². The van der Waals surface area contributed by atoms with E-state index < -0.39 is 12.0 Å². The molecule has 0 aliphatic carbocycles. The van der Waals surface area contributed by atoms with Crippen LogP contribution in [0.4, 0.5) is 5.95 Å². The molecule has 0 spiro atoms. The summed E-state index contributed by atoms with van der Waals surface area (Å²) in [6.45, 7) is 8.31. The van der Waals surface area contributed by atoms with Crippen molar-refractivity contribution in [3.63, 3.8) is 0 Å². The molecule has 1 aliphatic rings. The van der Waals surface area contributed by atoms with Crippen LogP contribution < -0.4 is 14.8 Å². The molecule has 0 radical (unpaired) electrons. The van der Waals surface area contributed by atoms with Crippen LogP contribution in [0.5, 0.6) is 11.5 Å². The second-order valence-electron chi connectivity index (χ2n) is 9.98. The number of allylic oxidation sites excluding steroid dienone is 1. The van der Waals surface area contributed by atoms with E-state index in [1.54, 1.807) is 4.68 Å². The molecule has 8 nitrogen and oxygen atoms in total. The molecule has 2 heterocycles. The highest BCUT2D eigenvalue weighted by Crippen LogP contribution is 2.40. The number of esters is 1. The Kier molecular flexibility index (Phi) is 9.39. The van der Waals surface area contributed by atoms with Crippen molar-refractivity contribution in [1.29, 1.82) is 0 Å². The van der Waals surface area contributed by atoms with Gasteiger partial charge in [0, 0.05) is 16.5 Å². The molecule has 1 N–H and O–H groups in total. The first-order valence-electron chi connectivity index (χ1n) is 13.8. The van der Waals surface area contributed by atoms with E-state index >= 15 is 0 Å². The Balaban J connectivity index is 1.51. The molecule has 10 heteroatoms. The van der Waals surface area contributed by atoms with E-state index in [-0.39, 0.29) is 12.7 Å². The van der Waals surface area contributed by atoms with Crippen LogP contribution in [0.2, 0.25) is 5.02 Å². The number of halogens is 1. The number of hydrogen-bond donors (Lipinski definition) is 1. The molecule has 1 aromatic heterocycles. The van der Waals surface area contributed by atoms with Gasteiger partial charge in [0.2, 0.25) is 11.1 Å². The van der Waals surface area contributed by atoms with E-state index in [9.17, 15) is 4.79 Å². The van der Waals surface area contributed by atoms with Gasteiger partial charge in [0.25, 0.3) is 0 Å². The summed E-state index contributed by atoms with van der Waals surface area (Å²) < 4.78 is 19.5. The van der Waals surface area contributed by atoms with Crippen LogP contribution in [0.1, 0.15) is 50.4 Å². The summed E-state index contributed by atoms with van der Waals surface area (Å²) in [5.74, 6) is 1.90. The zero-order valence-corrected chi connectivity index (χ0v) is 25.5. The van der Waals surface area contributed by atoms with Gasteiger partial charge in [0.15, 0.2) is 11.5 Å². The Hall–Kier alpha value is -3.95. The van der Waals surface area contributed by atoms with Crippen LogP contribution in [0.15, 0.2) is 89.2 Å². The minimum Gasteiger partial charge on any atom is -0.490 e. The number of nitrogens with zero attached hydrogens (tertiary/aromatic N) is 3. The van der Waals surface area contributed by atoms with E-state index in [4.69, 9.17) is 35.9 Å². The molecule has 0 bridgehead atoms. The summed E-state index contributed by atoms with van der Waals surface area (Å²) in [6, 6.07) is 22.4. The number of ether oxygens (including phenoxy) is 3. The molecule has 42 heavy (non-hydrogen) atoms. The van der Waals surface area contributed by atoms with E-state index in [1.807, 2.05) is 100 Å². The first-order chi connectivity index (χ1) is 20.3. The average Bonchev–Trinajstić information content (AvgIpc) is 3.38. The molecule has 218 valence electrons. The number of anilines is 1. The fourth-order valence-corrected chi connectivity index (χ4v) is 5.75. The highest BCUT2D eigenvalue weighted by molar-refractivity contribution is 7.98. The van der Waals surface area contributed by atoms with Gasteiger partial charge in [-0.1, -0.05) is 78.0 Å². The predicted molar refractivity (Wildman–Crippen MR) is 165 cm³/mol. The number of carbonyl (C=O) groups is 1. The van der Waals surface area contributed by atoms with Gasteiger partial charge in [-0.2, -0.15) is 4.98 Å². The Labute approximate surface area is 255 Å². The summed E-state index contributed by atoms with van der Waals surface area (Å²) >= 11 is 7.85. The lowest BCUT2D eigenvalue weighted by Gasteiger charge is -2.28. The van der Waals surface area contributed by atoms with Crippen molar-refractivity contribution in [1.82, 2.24) is 14.8 Å². The van der Waals surface area contributed by atoms with Gasteiger partial charge in [-0.3, -0.25) is 0 Å². The fourth-order valence-electron chi connectivity index (χ4n) is 4.64. The lowest BCUT2D eigenvalue weighted by molar-refractivity contribution is -0.140. The molecule has 4 aromatic rings. The molecule has 0 saturated heterocycles. The summed E-state index contributed by atoms with van der Waals surface area (Å²) in [5, 5.41) is 9.35. The summed E-state index contributed by atoms with van der Waals surface area (Å²) in [4.78, 5) is 18.4. The van der Waals surface area contributed by atoms with Crippen molar-refractivity contribution in [2.45, 2.75) is 57.4 Å². The van der Waals surface area contributed by atoms with Crippen LogP contribution in [0, 0.1) is 0 Å². The van der Waals surface area contributed by atoms with Crippen LogP contribution >= 0.6 is 23.4 Å². The minimum absolute atomic E-state index is 0.0285. The molecule has 1 atom stereocenters. The summed E-state index contributed by atoms with van der Waals surface area (Å²) in [7, 11) is 0. The van der Waals surface area contributed by atoms with Gasteiger partial charge < -0.3 is 19.5 Å². The van der Waals surface area contributed by atoms with Crippen LogP contribution in [0.25, 0.3) is 0 Å². The molecule has 5 rings (SSSR count). The molecule has 1 aliphatic heterocycles. The number of thioether (sulfide) groups is 1. The SMILES string of the molecule is CCOc1cc(C2C(C(=O)OCc3ccccc3)=C(C)Nc3nc(SCc4ccccc4Cl)nn32)ccc1OC(C)C. The lowest BCUT2D eigenvalue weighted by atomic mass is 9.95. The maximum Gasteiger partial charge on any atom is 0.338 e. The minimum atomic E-state index is -0.612. The van der Waals surface area contributed by atoms with E-state index in [0.717, 1.165) is 16.7 Å². The molecular weight excluding hydrogens is 572 g/mol. The third-order valence-corrected chi connectivity index (χ3v) is 7.78. The van der Waals surface area contributed by atoms with Gasteiger partial charge in [-0.15, -0.1) is 5.10 Å². The van der Waals surface area contributed by atoms with Gasteiger partial charge in [0.1, 0.15) is 12.6 Å². The number of aromatic nitrogens is 3. The van der Waals surface area contributed by atoms with Crippen molar-refractivity contribution in [2.75, 3.05) is 11.9 Å². The van der Waals surface area contributed by atoms with E-state index in [1.165, 1.54) is 11.8 Å². The van der Waals surface area contributed by atoms with Crippen molar-refractivity contribution in [3.8, 4) is 11.5 Å². The molecule has 0 fully saturated rings. The highest BCUT2D eigenvalue weighted by atomic mass is 35.5. The largest absolute Gasteiger partial charge is 0.490 e. The lowest BCUT2D eigenvalue weighted by Crippen LogP contribution is -2.29. The molecule has 0 amide bonds. The molecular formula is C32H33ClN4O4S. The number of hydrogen-bond acceptors (Lipinski definition) is 8. The van der Waals surface area contributed by atoms with Crippen molar-refractivity contribution in [2.24, 2.45) is 0 Å². The normalized spacial score (nSPS) is 14.4. The third kappa shape index (κ3) is 6.74. The van der Waals surface area contributed by atoms with Crippen molar-refractivity contribution >= 4 is 35.3 Å².